The second-order valence-electron chi connectivity index (χ2n) is 10.4. The van der Waals surface area contributed by atoms with Crippen LogP contribution in [0, 0.1) is 29.1 Å². The van der Waals surface area contributed by atoms with E-state index in [2.05, 4.69) is 32.8 Å². The van der Waals surface area contributed by atoms with Crippen LogP contribution in [-0.4, -0.2) is 61.9 Å². The average molecular weight is 600 g/mol. The lowest BCUT2D eigenvalue weighted by Crippen LogP contribution is -2.55. The van der Waals surface area contributed by atoms with Crippen LogP contribution in [0.15, 0.2) is 78.9 Å². The maximum atomic E-state index is 12.8. The first-order chi connectivity index (χ1) is 20.6. The van der Waals surface area contributed by atoms with E-state index < -0.39 is 28.3 Å². The number of carbonyl (C=O) groups is 2. The van der Waals surface area contributed by atoms with Gasteiger partial charge < -0.3 is 15.3 Å². The highest BCUT2D eigenvalue weighted by molar-refractivity contribution is 7.87. The highest BCUT2D eigenvalue weighted by Crippen LogP contribution is 2.19. The molecule has 0 bridgehead atoms. The number of rotatable bonds is 9. The molecule has 3 aromatic rings. The number of carboxylic acid groups (broad SMARTS) is 1. The lowest BCUT2D eigenvalue weighted by atomic mass is 10.1. The predicted molar refractivity (Wildman–Crippen MR) is 163 cm³/mol. The fourth-order valence-corrected chi connectivity index (χ4v) is 6.07. The van der Waals surface area contributed by atoms with Crippen molar-refractivity contribution in [2.45, 2.75) is 25.9 Å². The minimum atomic E-state index is -3.93. The van der Waals surface area contributed by atoms with E-state index in [0.717, 1.165) is 11.3 Å². The SMILES string of the molecule is CC(C)[C@@H](NS(=O)(=O)N1CCN(c2ccc(C#Cc3cccc(C(=O)NC(C#N)c4ccccc4)c3)cc2)CC1)C(=O)O. The van der Waals surface area contributed by atoms with E-state index in [4.69, 9.17) is 0 Å². The minimum Gasteiger partial charge on any atom is -0.480 e. The zero-order valence-electron chi connectivity index (χ0n) is 23.9. The molecule has 0 saturated carbocycles. The Morgan fingerprint density at radius 2 is 1.53 bits per heavy atom. The first-order valence-electron chi connectivity index (χ1n) is 13.8. The van der Waals surface area contributed by atoms with Gasteiger partial charge in [0, 0.05) is 48.6 Å². The lowest BCUT2D eigenvalue weighted by Gasteiger charge is -2.36. The number of hydrogen-bond donors (Lipinski definition) is 3. The quantitative estimate of drug-likeness (QED) is 0.321. The second kappa shape index (κ2) is 14.0. The van der Waals surface area contributed by atoms with Gasteiger partial charge >= 0.3 is 5.97 Å². The van der Waals surface area contributed by atoms with Crippen molar-refractivity contribution in [2.75, 3.05) is 31.1 Å². The summed E-state index contributed by atoms with van der Waals surface area (Å²) in [6.45, 7) is 4.68. The highest BCUT2D eigenvalue weighted by Gasteiger charge is 2.33. The molecule has 1 heterocycles. The average Bonchev–Trinajstić information content (AvgIpc) is 3.02. The number of amides is 1. The van der Waals surface area contributed by atoms with Crippen molar-refractivity contribution in [2.24, 2.45) is 5.92 Å². The fraction of sp³-hybridized carbons (Fsp3) is 0.281. The molecule has 222 valence electrons. The number of anilines is 1. The summed E-state index contributed by atoms with van der Waals surface area (Å²) in [6.07, 6.45) is 0. The van der Waals surface area contributed by atoms with Crippen LogP contribution >= 0.6 is 0 Å². The summed E-state index contributed by atoms with van der Waals surface area (Å²) in [5, 5.41) is 21.6. The summed E-state index contributed by atoms with van der Waals surface area (Å²) in [7, 11) is -3.93. The van der Waals surface area contributed by atoms with Crippen molar-refractivity contribution in [3.05, 3.63) is 101 Å². The number of carbonyl (C=O) groups excluding carboxylic acids is 1. The Balaban J connectivity index is 1.35. The third-order valence-corrected chi connectivity index (χ3v) is 8.63. The highest BCUT2D eigenvalue weighted by atomic mass is 32.2. The van der Waals surface area contributed by atoms with E-state index in [0.29, 0.717) is 29.8 Å². The van der Waals surface area contributed by atoms with Gasteiger partial charge in [-0.25, -0.2) is 0 Å². The second-order valence-corrected chi connectivity index (χ2v) is 12.1. The Morgan fingerprint density at radius 1 is 0.884 bits per heavy atom. The minimum absolute atomic E-state index is 0.228. The summed E-state index contributed by atoms with van der Waals surface area (Å²) in [6, 6.07) is 23.7. The van der Waals surface area contributed by atoms with E-state index >= 15 is 0 Å². The van der Waals surface area contributed by atoms with Gasteiger partial charge in [-0.05, 0) is 53.9 Å². The molecular formula is C32H33N5O5S. The van der Waals surface area contributed by atoms with Crippen molar-refractivity contribution in [1.29, 1.82) is 5.26 Å². The molecule has 10 nitrogen and oxygen atoms in total. The smallest absolute Gasteiger partial charge is 0.322 e. The van der Waals surface area contributed by atoms with Crippen LogP contribution in [0.2, 0.25) is 0 Å². The molecule has 1 aliphatic rings. The summed E-state index contributed by atoms with van der Waals surface area (Å²) in [4.78, 5) is 26.3. The first kappa shape index (κ1) is 31.3. The van der Waals surface area contributed by atoms with E-state index in [1.807, 2.05) is 42.5 Å². The van der Waals surface area contributed by atoms with Crippen molar-refractivity contribution in [3.8, 4) is 17.9 Å². The zero-order chi connectivity index (χ0) is 31.0. The molecule has 0 radical (unpaired) electrons. The van der Waals surface area contributed by atoms with Crippen molar-refractivity contribution in [3.63, 3.8) is 0 Å². The van der Waals surface area contributed by atoms with Crippen LogP contribution in [0.3, 0.4) is 0 Å². The summed E-state index contributed by atoms with van der Waals surface area (Å²) < 4.78 is 29.1. The normalized spacial score (nSPS) is 15.1. The van der Waals surface area contributed by atoms with Crippen LogP contribution in [0.25, 0.3) is 0 Å². The summed E-state index contributed by atoms with van der Waals surface area (Å²) in [5.41, 5.74) is 3.45. The number of nitrogens with zero attached hydrogens (tertiary/aromatic N) is 3. The molecule has 2 atom stereocenters. The molecule has 3 aromatic carbocycles. The van der Waals surface area contributed by atoms with Gasteiger partial charge in [0.2, 0.25) is 0 Å². The molecule has 1 amide bonds. The van der Waals surface area contributed by atoms with Crippen LogP contribution in [-0.2, 0) is 15.0 Å². The Hall–Kier alpha value is -4.68. The number of benzene rings is 3. The fourth-order valence-electron chi connectivity index (χ4n) is 4.58. The van der Waals surface area contributed by atoms with Crippen molar-refractivity contribution in [1.82, 2.24) is 14.3 Å². The van der Waals surface area contributed by atoms with E-state index in [-0.39, 0.29) is 24.9 Å². The standard InChI is InChI=1S/C32H33N5O5S/c1-23(2)30(32(39)40)35-43(41,42)37-19-17-36(18-20-37)28-15-13-24(14-16-28)11-12-25-7-6-10-27(21-25)31(38)34-29(22-33)26-8-4-3-5-9-26/h3-10,13-16,21,23,29-30,35H,17-20H2,1-2H3,(H,34,38)(H,39,40)/t29?,30-/m1/s1. The molecule has 4 rings (SSSR count). The van der Waals surface area contributed by atoms with Gasteiger partial charge in [-0.15, -0.1) is 0 Å². The maximum Gasteiger partial charge on any atom is 0.322 e. The van der Waals surface area contributed by atoms with Gasteiger partial charge in [0.15, 0.2) is 0 Å². The maximum absolute atomic E-state index is 12.8. The zero-order valence-corrected chi connectivity index (χ0v) is 24.7. The molecule has 0 spiro atoms. The van der Waals surface area contributed by atoms with Crippen molar-refractivity contribution < 1.29 is 23.1 Å². The monoisotopic (exact) mass is 599 g/mol. The van der Waals surface area contributed by atoms with Gasteiger partial charge in [0.25, 0.3) is 16.1 Å². The number of carboxylic acids is 1. The molecular weight excluding hydrogens is 566 g/mol. The molecule has 11 heteroatoms. The van der Waals surface area contributed by atoms with Crippen LogP contribution in [0.1, 0.15) is 46.9 Å². The summed E-state index contributed by atoms with van der Waals surface area (Å²) >= 11 is 0. The van der Waals surface area contributed by atoms with E-state index in [1.165, 1.54) is 4.31 Å². The van der Waals surface area contributed by atoms with Gasteiger partial charge in [0.05, 0.1) is 6.07 Å². The van der Waals surface area contributed by atoms with Crippen molar-refractivity contribution >= 4 is 27.8 Å². The van der Waals surface area contributed by atoms with Crippen LogP contribution < -0.4 is 14.9 Å². The predicted octanol–water partition coefficient (Wildman–Crippen LogP) is 3.15. The number of nitriles is 1. The number of nitrogens with one attached hydrogen (secondary N) is 2. The van der Waals surface area contributed by atoms with Gasteiger partial charge in [0.1, 0.15) is 12.1 Å². The van der Waals surface area contributed by atoms with E-state index in [9.17, 15) is 28.4 Å². The number of hydrogen-bond acceptors (Lipinski definition) is 6. The molecule has 0 aliphatic carbocycles. The van der Waals surface area contributed by atoms with Gasteiger partial charge in [-0.1, -0.05) is 62.1 Å². The molecule has 1 fully saturated rings. The Kier molecular flexibility index (Phi) is 10.2. The van der Waals surface area contributed by atoms with Crippen LogP contribution in [0.5, 0.6) is 0 Å². The third-order valence-electron chi connectivity index (χ3n) is 7.03. The van der Waals surface area contributed by atoms with Gasteiger partial charge in [-0.2, -0.15) is 22.7 Å². The lowest BCUT2D eigenvalue weighted by molar-refractivity contribution is -0.140. The summed E-state index contributed by atoms with van der Waals surface area (Å²) in [5.74, 6) is 4.22. The van der Waals surface area contributed by atoms with Crippen LogP contribution in [0.4, 0.5) is 5.69 Å². The molecule has 43 heavy (non-hydrogen) atoms. The molecule has 1 aliphatic heterocycles. The van der Waals surface area contributed by atoms with E-state index in [1.54, 1.807) is 50.2 Å². The third kappa shape index (κ3) is 8.21. The largest absolute Gasteiger partial charge is 0.480 e. The first-order valence-corrected chi connectivity index (χ1v) is 15.2. The molecule has 1 unspecified atom stereocenters. The number of aliphatic carboxylic acids is 1. The topological polar surface area (TPSA) is 143 Å². The molecule has 0 aromatic heterocycles. The Labute approximate surface area is 252 Å². The van der Waals surface area contributed by atoms with Gasteiger partial charge in [-0.3, -0.25) is 9.59 Å². The Bertz CT molecular complexity index is 1650. The Morgan fingerprint density at radius 3 is 2.14 bits per heavy atom. The molecule has 3 N–H and O–H groups in total. The molecule has 1 saturated heterocycles. The number of piperazine rings is 1.